The van der Waals surface area contributed by atoms with E-state index >= 15 is 0 Å². The highest BCUT2D eigenvalue weighted by molar-refractivity contribution is 6.03. The van der Waals surface area contributed by atoms with Crippen molar-refractivity contribution in [1.29, 1.82) is 0 Å². The Labute approximate surface area is 206 Å². The van der Waals surface area contributed by atoms with Crippen LogP contribution >= 0.6 is 0 Å². The van der Waals surface area contributed by atoms with E-state index < -0.39 is 56.4 Å². The van der Waals surface area contributed by atoms with Crippen molar-refractivity contribution >= 4 is 17.6 Å². The van der Waals surface area contributed by atoms with E-state index in [1.807, 2.05) is 0 Å². The van der Waals surface area contributed by atoms with Crippen LogP contribution in [-0.2, 0) is 32.5 Å². The van der Waals surface area contributed by atoms with E-state index in [0.717, 1.165) is 0 Å². The van der Waals surface area contributed by atoms with Crippen LogP contribution in [0.15, 0.2) is 78.9 Å². The summed E-state index contributed by atoms with van der Waals surface area (Å²) < 4.78 is 46.8. The first-order valence-corrected chi connectivity index (χ1v) is 10.4. The summed E-state index contributed by atoms with van der Waals surface area (Å²) in [5.74, 6) is -4.66. The molecule has 0 aliphatic rings. The minimum absolute atomic E-state index is 0.0670. The number of benzene rings is 3. The molecule has 0 saturated carbocycles. The van der Waals surface area contributed by atoms with Gasteiger partial charge in [-0.1, -0.05) is 60.7 Å². The van der Waals surface area contributed by atoms with E-state index in [1.165, 1.54) is 12.1 Å². The van der Waals surface area contributed by atoms with Crippen LogP contribution < -0.4 is 0 Å². The van der Waals surface area contributed by atoms with Crippen molar-refractivity contribution < 1.29 is 42.5 Å². The monoisotopic (exact) mass is 518 g/mol. The van der Waals surface area contributed by atoms with E-state index in [4.69, 9.17) is 4.74 Å². The molecule has 0 saturated heterocycles. The smallest absolute Gasteiger partial charge is 0.435 e. The zero-order valence-corrected chi connectivity index (χ0v) is 18.6. The number of carboxylic acids is 1. The maximum absolute atomic E-state index is 13.8. The van der Waals surface area contributed by atoms with Crippen molar-refractivity contribution in [3.05, 3.63) is 121 Å². The number of nitro benzene ring substituents is 1. The van der Waals surface area contributed by atoms with Gasteiger partial charge in [0, 0.05) is 18.6 Å². The SMILES string of the molecule is O=C(O)C(C(=O)OC(Cc1ccccc1)c1ccccc1)(c1ccc([N+](=O)[O-])cc1C(F)(F)F)[N+](=O)[O-]. The van der Waals surface area contributed by atoms with Gasteiger partial charge in [0.1, 0.15) is 6.10 Å². The van der Waals surface area contributed by atoms with Crippen LogP contribution in [0.2, 0.25) is 0 Å². The Morgan fingerprint density at radius 2 is 1.46 bits per heavy atom. The predicted molar refractivity (Wildman–Crippen MR) is 120 cm³/mol. The maximum Gasteiger partial charge on any atom is 0.435 e. The first-order chi connectivity index (χ1) is 17.4. The Hall–Kier alpha value is -4.81. The molecule has 0 spiro atoms. The number of non-ortho nitro benzene ring substituents is 1. The second-order valence-electron chi connectivity index (χ2n) is 7.75. The normalized spacial score (nSPS) is 13.7. The second kappa shape index (κ2) is 10.4. The molecule has 13 heteroatoms. The molecule has 0 radical (unpaired) electrons. The third kappa shape index (κ3) is 5.39. The molecule has 0 aliphatic heterocycles. The number of hydrogen-bond donors (Lipinski definition) is 1. The topological polar surface area (TPSA) is 150 Å². The van der Waals surface area contributed by atoms with Crippen molar-refractivity contribution in [2.75, 3.05) is 0 Å². The molecule has 10 nitrogen and oxygen atoms in total. The number of ether oxygens (including phenoxy) is 1. The highest BCUT2D eigenvalue weighted by Crippen LogP contribution is 2.41. The van der Waals surface area contributed by atoms with Crippen molar-refractivity contribution in [2.24, 2.45) is 0 Å². The van der Waals surface area contributed by atoms with Gasteiger partial charge >= 0.3 is 23.7 Å². The number of halogens is 3. The van der Waals surface area contributed by atoms with Crippen molar-refractivity contribution in [1.82, 2.24) is 0 Å². The van der Waals surface area contributed by atoms with Gasteiger partial charge in [-0.05, 0) is 17.2 Å². The zero-order chi connectivity index (χ0) is 27.4. The molecule has 0 aliphatic carbocycles. The van der Waals surface area contributed by atoms with Gasteiger partial charge in [-0.3, -0.25) is 20.2 Å². The van der Waals surface area contributed by atoms with Gasteiger partial charge in [0.05, 0.1) is 21.0 Å². The lowest BCUT2D eigenvalue weighted by Crippen LogP contribution is -2.52. The van der Waals surface area contributed by atoms with Crippen LogP contribution in [0.1, 0.15) is 28.4 Å². The number of alkyl halides is 3. The summed E-state index contributed by atoms with van der Waals surface area (Å²) >= 11 is 0. The summed E-state index contributed by atoms with van der Waals surface area (Å²) in [6.45, 7) is 0. The number of nitro groups is 2. The van der Waals surface area contributed by atoms with Crippen LogP contribution in [0.25, 0.3) is 0 Å². The van der Waals surface area contributed by atoms with Crippen LogP contribution in [0.5, 0.6) is 0 Å². The van der Waals surface area contributed by atoms with Gasteiger partial charge in [-0.25, -0.2) is 9.59 Å². The van der Waals surface area contributed by atoms with Gasteiger partial charge in [-0.2, -0.15) is 13.2 Å². The van der Waals surface area contributed by atoms with Gasteiger partial charge in [0.25, 0.3) is 5.69 Å². The summed E-state index contributed by atoms with van der Waals surface area (Å²) in [4.78, 5) is 45.7. The molecular weight excluding hydrogens is 501 g/mol. The zero-order valence-electron chi connectivity index (χ0n) is 18.6. The third-order valence-electron chi connectivity index (χ3n) is 5.47. The van der Waals surface area contributed by atoms with Crippen molar-refractivity contribution in [3.63, 3.8) is 0 Å². The minimum Gasteiger partial charge on any atom is -0.475 e. The molecular formula is C24H17F3N2O8. The second-order valence-corrected chi connectivity index (χ2v) is 7.75. The number of carbonyl (C=O) groups excluding carboxylic acids is 1. The number of rotatable bonds is 9. The van der Waals surface area contributed by atoms with E-state index in [1.54, 1.807) is 48.5 Å². The summed E-state index contributed by atoms with van der Waals surface area (Å²) in [5, 5.41) is 32.9. The van der Waals surface area contributed by atoms with Crippen LogP contribution in [-0.4, -0.2) is 26.9 Å². The Morgan fingerprint density at radius 3 is 1.95 bits per heavy atom. The number of esters is 1. The lowest BCUT2D eigenvalue weighted by Gasteiger charge is -2.26. The van der Waals surface area contributed by atoms with Gasteiger partial charge in [0.15, 0.2) is 0 Å². The molecule has 3 aromatic carbocycles. The van der Waals surface area contributed by atoms with E-state index in [-0.39, 0.29) is 18.6 Å². The van der Waals surface area contributed by atoms with Crippen LogP contribution in [0.3, 0.4) is 0 Å². The molecule has 3 rings (SSSR count). The summed E-state index contributed by atoms with van der Waals surface area (Å²) in [7, 11) is 0. The van der Waals surface area contributed by atoms with Crippen molar-refractivity contribution in [3.8, 4) is 0 Å². The molecule has 2 unspecified atom stereocenters. The molecule has 0 amide bonds. The Morgan fingerprint density at radius 1 is 0.892 bits per heavy atom. The Kier molecular flexibility index (Phi) is 7.56. The molecule has 0 heterocycles. The molecule has 0 aromatic heterocycles. The predicted octanol–water partition coefficient (Wildman–Crippen LogP) is 4.70. The fourth-order valence-electron chi connectivity index (χ4n) is 3.70. The molecule has 192 valence electrons. The molecule has 37 heavy (non-hydrogen) atoms. The fraction of sp³-hybridized carbons (Fsp3) is 0.167. The minimum atomic E-state index is -5.48. The highest BCUT2D eigenvalue weighted by atomic mass is 19.4. The van der Waals surface area contributed by atoms with Gasteiger partial charge < -0.3 is 9.84 Å². The van der Waals surface area contributed by atoms with Gasteiger partial charge in [-0.15, -0.1) is 0 Å². The molecule has 1 N–H and O–H groups in total. The molecule has 2 atom stereocenters. The molecule has 3 aromatic rings. The lowest BCUT2D eigenvalue weighted by molar-refractivity contribution is -0.550. The average molecular weight is 518 g/mol. The number of nitrogens with zero attached hydrogens (tertiary/aromatic N) is 2. The number of aliphatic carboxylic acids is 1. The summed E-state index contributed by atoms with van der Waals surface area (Å²) in [6.07, 6.45) is -6.89. The van der Waals surface area contributed by atoms with Gasteiger partial charge in [0.2, 0.25) is 0 Å². The van der Waals surface area contributed by atoms with Crippen LogP contribution in [0, 0.1) is 20.2 Å². The van der Waals surface area contributed by atoms with E-state index in [2.05, 4.69) is 0 Å². The number of carboxylic acid groups (broad SMARTS) is 1. The van der Waals surface area contributed by atoms with Crippen molar-refractivity contribution in [2.45, 2.75) is 24.2 Å². The quantitative estimate of drug-likeness (QED) is 0.185. The Balaban J connectivity index is 2.19. The average Bonchev–Trinajstić information content (AvgIpc) is 2.84. The summed E-state index contributed by atoms with van der Waals surface area (Å²) in [5.41, 5.74) is -7.97. The molecule has 0 bridgehead atoms. The first-order valence-electron chi connectivity index (χ1n) is 10.4. The largest absolute Gasteiger partial charge is 0.475 e. The maximum atomic E-state index is 13.8. The standard InChI is InChI=1S/C24H17F3N2O8/c25-24(26,27)19-14-17(28(33)34)11-12-18(19)23(21(30)31,29(35)36)22(32)37-20(16-9-5-2-6-10-16)13-15-7-3-1-4-8-15/h1-12,14,20H,13H2,(H,30,31). The van der Waals surface area contributed by atoms with E-state index in [0.29, 0.717) is 17.2 Å². The fourth-order valence-corrected chi connectivity index (χ4v) is 3.70. The third-order valence-corrected chi connectivity index (χ3v) is 5.47. The van der Waals surface area contributed by atoms with Crippen LogP contribution in [0.4, 0.5) is 18.9 Å². The lowest BCUT2D eigenvalue weighted by atomic mass is 9.86. The summed E-state index contributed by atoms with van der Waals surface area (Å²) in [6, 6.07) is 16.6. The highest BCUT2D eigenvalue weighted by Gasteiger charge is 2.65. The first kappa shape index (κ1) is 26.8. The Bertz CT molecular complexity index is 1320. The van der Waals surface area contributed by atoms with E-state index in [9.17, 15) is 48.1 Å². The number of hydrogen-bond acceptors (Lipinski definition) is 7. The number of carbonyl (C=O) groups is 2. The molecule has 0 fully saturated rings.